The van der Waals surface area contributed by atoms with Crippen LogP contribution in [-0.4, -0.2) is 31.9 Å². The maximum absolute atomic E-state index is 11.9. The number of para-hydroxylation sites is 1. The second-order valence-electron chi connectivity index (χ2n) is 4.74. The predicted molar refractivity (Wildman–Crippen MR) is 84.9 cm³/mol. The van der Waals surface area contributed by atoms with E-state index in [-0.39, 0.29) is 0 Å². The molecule has 0 aliphatic carbocycles. The molecule has 2 rings (SSSR count). The molecule has 124 valence electrons. The van der Waals surface area contributed by atoms with Crippen LogP contribution in [-0.2, 0) is 0 Å². The van der Waals surface area contributed by atoms with E-state index in [0.717, 1.165) is 0 Å². The van der Waals surface area contributed by atoms with Crippen LogP contribution in [0.25, 0.3) is 0 Å². The monoisotopic (exact) mass is 320 g/mol. The summed E-state index contributed by atoms with van der Waals surface area (Å²) in [5.41, 5.74) is 0.496. The molecule has 0 fully saturated rings. The summed E-state index contributed by atoms with van der Waals surface area (Å²) in [6.45, 7) is 0.292. The minimum absolute atomic E-state index is 0.292. The van der Waals surface area contributed by atoms with Crippen LogP contribution in [0.5, 0.6) is 11.5 Å². The van der Waals surface area contributed by atoms with Crippen molar-refractivity contribution in [3.63, 3.8) is 0 Å². The molecular weight excluding hydrogens is 300 g/mol. The molecule has 1 aromatic carbocycles. The number of benzene rings is 1. The van der Waals surface area contributed by atoms with Crippen molar-refractivity contribution >= 4 is 11.7 Å². The summed E-state index contributed by atoms with van der Waals surface area (Å²) in [4.78, 5) is 11.9. The van der Waals surface area contributed by atoms with Crippen LogP contribution >= 0.6 is 0 Å². The molecule has 0 saturated carbocycles. The molecule has 7 nitrogen and oxygen atoms in total. The third-order valence-electron chi connectivity index (χ3n) is 3.23. The largest absolute Gasteiger partial charge is 0.493 e. The van der Waals surface area contributed by atoms with Crippen LogP contribution in [0, 0.1) is 0 Å². The van der Waals surface area contributed by atoms with Crippen molar-refractivity contribution in [1.29, 1.82) is 0 Å². The van der Waals surface area contributed by atoms with E-state index >= 15 is 0 Å². The van der Waals surface area contributed by atoms with Crippen LogP contribution in [0.15, 0.2) is 41.0 Å². The molecule has 2 amide bonds. The summed E-state index contributed by atoms with van der Waals surface area (Å²) < 4.78 is 15.5. The number of rotatable bonds is 7. The predicted octanol–water partition coefficient (Wildman–Crippen LogP) is 2.54. The molecule has 1 heterocycles. The average Bonchev–Trinajstić information content (AvgIpc) is 3.09. The molecule has 3 N–H and O–H groups in total. The molecule has 0 spiro atoms. The maximum atomic E-state index is 11.9. The van der Waals surface area contributed by atoms with Gasteiger partial charge in [0.2, 0.25) is 0 Å². The highest BCUT2D eigenvalue weighted by Gasteiger charge is 2.13. The van der Waals surface area contributed by atoms with Gasteiger partial charge in [-0.2, -0.15) is 0 Å². The van der Waals surface area contributed by atoms with Gasteiger partial charge in [0.25, 0.3) is 0 Å². The first kappa shape index (κ1) is 16.7. The summed E-state index contributed by atoms with van der Waals surface area (Å²) >= 11 is 0. The van der Waals surface area contributed by atoms with Gasteiger partial charge < -0.3 is 29.6 Å². The van der Waals surface area contributed by atoms with E-state index in [0.29, 0.717) is 35.9 Å². The Morgan fingerprint density at radius 3 is 2.74 bits per heavy atom. The van der Waals surface area contributed by atoms with Gasteiger partial charge in [0, 0.05) is 6.54 Å². The Morgan fingerprint density at radius 1 is 1.26 bits per heavy atom. The summed E-state index contributed by atoms with van der Waals surface area (Å²) in [6, 6.07) is 8.18. The number of nitrogens with one attached hydrogen (secondary N) is 2. The number of furan rings is 1. The Morgan fingerprint density at radius 2 is 2.09 bits per heavy atom. The van der Waals surface area contributed by atoms with E-state index in [2.05, 4.69) is 10.6 Å². The zero-order chi connectivity index (χ0) is 16.7. The lowest BCUT2D eigenvalue weighted by atomic mass is 10.2. The number of aliphatic hydroxyl groups excluding tert-OH is 1. The summed E-state index contributed by atoms with van der Waals surface area (Å²) in [6.07, 6.45) is 1.08. The molecule has 7 heteroatoms. The topological polar surface area (TPSA) is 93.0 Å². The normalized spacial score (nSPS) is 11.6. The van der Waals surface area contributed by atoms with Gasteiger partial charge in [-0.3, -0.25) is 0 Å². The lowest BCUT2D eigenvalue weighted by Crippen LogP contribution is -2.30. The summed E-state index contributed by atoms with van der Waals surface area (Å²) in [5, 5.41) is 15.2. The highest BCUT2D eigenvalue weighted by atomic mass is 16.5. The fourth-order valence-corrected chi connectivity index (χ4v) is 2.10. The second kappa shape index (κ2) is 8.09. The van der Waals surface area contributed by atoms with E-state index in [4.69, 9.17) is 13.9 Å². The molecule has 0 aliphatic rings. The Bertz CT molecular complexity index is 627. The van der Waals surface area contributed by atoms with Gasteiger partial charge in [-0.15, -0.1) is 0 Å². The van der Waals surface area contributed by atoms with Crippen LogP contribution in [0.1, 0.15) is 18.3 Å². The fourth-order valence-electron chi connectivity index (χ4n) is 2.10. The first-order valence-electron chi connectivity index (χ1n) is 7.13. The van der Waals surface area contributed by atoms with Crippen LogP contribution < -0.4 is 20.1 Å². The number of hydrogen-bond acceptors (Lipinski definition) is 5. The van der Waals surface area contributed by atoms with Crippen molar-refractivity contribution in [3.05, 3.63) is 42.4 Å². The van der Waals surface area contributed by atoms with Crippen molar-refractivity contribution in [1.82, 2.24) is 5.32 Å². The van der Waals surface area contributed by atoms with Crippen molar-refractivity contribution in [3.8, 4) is 11.5 Å². The van der Waals surface area contributed by atoms with Gasteiger partial charge in [-0.05, 0) is 30.7 Å². The molecule has 0 aliphatic heterocycles. The van der Waals surface area contributed by atoms with Crippen LogP contribution in [0.2, 0.25) is 0 Å². The van der Waals surface area contributed by atoms with Gasteiger partial charge in [-0.25, -0.2) is 4.79 Å². The van der Waals surface area contributed by atoms with E-state index in [1.807, 2.05) is 0 Å². The smallest absolute Gasteiger partial charge is 0.319 e. The summed E-state index contributed by atoms with van der Waals surface area (Å²) in [7, 11) is 3.03. The number of methoxy groups -OCH3 is 2. The fraction of sp³-hybridized carbons (Fsp3) is 0.312. The number of aliphatic hydroxyl groups is 1. The summed E-state index contributed by atoms with van der Waals surface area (Å²) in [5.74, 6) is 1.45. The van der Waals surface area contributed by atoms with Crippen molar-refractivity contribution in [2.75, 3.05) is 26.1 Å². The lowest BCUT2D eigenvalue weighted by molar-refractivity contribution is 0.140. The highest BCUT2D eigenvalue weighted by molar-refractivity contribution is 5.91. The Kier molecular flexibility index (Phi) is 5.87. The lowest BCUT2D eigenvalue weighted by Gasteiger charge is -2.14. The number of urea groups is 1. The maximum Gasteiger partial charge on any atom is 0.319 e. The quantitative estimate of drug-likeness (QED) is 0.729. The first-order valence-corrected chi connectivity index (χ1v) is 7.13. The number of hydrogen-bond donors (Lipinski definition) is 3. The zero-order valence-electron chi connectivity index (χ0n) is 13.0. The number of carbonyl (C=O) groups is 1. The molecule has 1 atom stereocenters. The number of ether oxygens (including phenoxy) is 2. The number of anilines is 1. The molecular formula is C16H20N2O5. The van der Waals surface area contributed by atoms with Crippen molar-refractivity contribution in [2.45, 2.75) is 12.5 Å². The van der Waals surface area contributed by atoms with E-state index in [9.17, 15) is 9.90 Å². The standard InChI is InChI=1S/C16H20N2O5/c1-21-14-6-3-5-11(15(14)22-2)18-16(20)17-9-8-12(19)13-7-4-10-23-13/h3-7,10,12,19H,8-9H2,1-2H3,(H2,17,18,20). The van der Waals surface area contributed by atoms with Gasteiger partial charge in [0.1, 0.15) is 11.9 Å². The molecule has 0 radical (unpaired) electrons. The highest BCUT2D eigenvalue weighted by Crippen LogP contribution is 2.34. The third-order valence-corrected chi connectivity index (χ3v) is 3.23. The zero-order valence-corrected chi connectivity index (χ0v) is 13.0. The van der Waals surface area contributed by atoms with Gasteiger partial charge in [0.15, 0.2) is 11.5 Å². The molecule has 0 bridgehead atoms. The van der Waals surface area contributed by atoms with Gasteiger partial charge in [-0.1, -0.05) is 6.07 Å². The van der Waals surface area contributed by atoms with Crippen LogP contribution in [0.4, 0.5) is 10.5 Å². The number of carbonyl (C=O) groups excluding carboxylic acids is 1. The first-order chi connectivity index (χ1) is 11.2. The second-order valence-corrected chi connectivity index (χ2v) is 4.74. The minimum Gasteiger partial charge on any atom is -0.493 e. The number of amides is 2. The molecule has 23 heavy (non-hydrogen) atoms. The van der Waals surface area contributed by atoms with Crippen molar-refractivity contribution < 1.29 is 23.8 Å². The Hall–Kier alpha value is -2.67. The Balaban J connectivity index is 1.85. The SMILES string of the molecule is COc1cccc(NC(=O)NCCC(O)c2ccco2)c1OC. The van der Waals surface area contributed by atoms with Crippen LogP contribution in [0.3, 0.4) is 0 Å². The Labute approximate surface area is 134 Å². The van der Waals surface area contributed by atoms with Crippen molar-refractivity contribution in [2.24, 2.45) is 0 Å². The average molecular weight is 320 g/mol. The third kappa shape index (κ3) is 4.40. The minimum atomic E-state index is -0.753. The van der Waals surface area contributed by atoms with E-state index in [1.54, 1.807) is 30.3 Å². The van der Waals surface area contributed by atoms with Gasteiger partial charge in [0.05, 0.1) is 26.2 Å². The molecule has 1 aromatic heterocycles. The van der Waals surface area contributed by atoms with E-state index in [1.165, 1.54) is 20.5 Å². The van der Waals surface area contributed by atoms with E-state index < -0.39 is 12.1 Å². The van der Waals surface area contributed by atoms with Gasteiger partial charge >= 0.3 is 6.03 Å². The molecule has 1 unspecified atom stereocenters. The molecule has 2 aromatic rings. The molecule has 0 saturated heterocycles.